The zero-order chi connectivity index (χ0) is 19.1. The molecule has 138 valence electrons. The maximum Gasteiger partial charge on any atom is 0.329 e. The molecule has 26 heavy (non-hydrogen) atoms. The molecule has 2 N–H and O–H groups in total. The number of amides is 2. The molecule has 0 aliphatic carbocycles. The number of carbonyl (C=O) groups excluding carboxylic acids is 2. The summed E-state index contributed by atoms with van der Waals surface area (Å²) in [5, 5.41) is 19.9. The van der Waals surface area contributed by atoms with E-state index < -0.39 is 17.9 Å². The number of rotatable bonds is 6. The van der Waals surface area contributed by atoms with Gasteiger partial charge in [0.25, 0.3) is 5.91 Å². The molecule has 1 fully saturated rings. The monoisotopic (exact) mass is 360 g/mol. The van der Waals surface area contributed by atoms with E-state index in [0.717, 1.165) is 0 Å². The molecule has 0 unspecified atom stereocenters. The van der Waals surface area contributed by atoms with Crippen LogP contribution >= 0.6 is 0 Å². The van der Waals surface area contributed by atoms with Crippen molar-refractivity contribution >= 4 is 17.8 Å². The van der Waals surface area contributed by atoms with Crippen LogP contribution in [0.25, 0.3) is 0 Å². The third-order valence-corrected chi connectivity index (χ3v) is 4.04. The van der Waals surface area contributed by atoms with Crippen LogP contribution in [0, 0.1) is 11.3 Å². The summed E-state index contributed by atoms with van der Waals surface area (Å²) < 4.78 is 5.24. The van der Waals surface area contributed by atoms with E-state index >= 15 is 0 Å². The highest BCUT2D eigenvalue weighted by Crippen LogP contribution is 2.14. The smallest absolute Gasteiger partial charge is 0.329 e. The topological polar surface area (TPSA) is 133 Å². The fraction of sp³-hybridized carbons (Fsp3) is 0.471. The van der Waals surface area contributed by atoms with Crippen LogP contribution in [0.3, 0.4) is 0 Å². The van der Waals surface area contributed by atoms with Gasteiger partial charge in [-0.3, -0.25) is 9.59 Å². The molecule has 1 atom stereocenters. The van der Waals surface area contributed by atoms with Crippen LogP contribution in [0.5, 0.6) is 0 Å². The minimum absolute atomic E-state index is 0.129. The van der Waals surface area contributed by atoms with Crippen molar-refractivity contribution in [1.82, 2.24) is 15.2 Å². The van der Waals surface area contributed by atoms with Crippen LogP contribution in [-0.4, -0.2) is 64.6 Å². The molecule has 2 amide bonds. The maximum atomic E-state index is 12.5. The van der Waals surface area contributed by atoms with Gasteiger partial charge in [-0.15, -0.1) is 0 Å². The summed E-state index contributed by atoms with van der Waals surface area (Å²) in [6.45, 7) is 2.14. The molecule has 0 radical (unpaired) electrons. The van der Waals surface area contributed by atoms with E-state index in [1.165, 1.54) is 18.3 Å². The highest BCUT2D eigenvalue weighted by molar-refractivity contribution is 5.96. The van der Waals surface area contributed by atoms with Gasteiger partial charge in [0.05, 0.1) is 11.7 Å². The summed E-state index contributed by atoms with van der Waals surface area (Å²) in [5.41, 5.74) is 0.475. The number of piperidine rings is 1. The number of nitriles is 1. The van der Waals surface area contributed by atoms with Gasteiger partial charge in [0.1, 0.15) is 24.4 Å². The number of nitrogens with one attached hydrogen (secondary N) is 1. The first-order chi connectivity index (χ1) is 12.4. The average molecular weight is 360 g/mol. The fourth-order valence-electron chi connectivity index (χ4n) is 2.63. The number of hydrogen-bond acceptors (Lipinski definition) is 6. The number of ether oxygens (including phenoxy) is 1. The van der Waals surface area contributed by atoms with Gasteiger partial charge < -0.3 is 20.1 Å². The minimum Gasteiger partial charge on any atom is -0.480 e. The lowest BCUT2D eigenvalue weighted by molar-refractivity contribution is -0.147. The SMILES string of the molecule is C[C@H](NC(=O)c1ccc(C#N)cn1)C(=O)N1CCC(OCC(=O)O)CC1. The lowest BCUT2D eigenvalue weighted by Gasteiger charge is -2.33. The molecule has 2 heterocycles. The second kappa shape index (κ2) is 8.92. The first-order valence-electron chi connectivity index (χ1n) is 8.20. The number of nitrogens with zero attached hydrogens (tertiary/aromatic N) is 3. The Morgan fingerprint density at radius 2 is 2.12 bits per heavy atom. The first kappa shape index (κ1) is 19.3. The molecular weight excluding hydrogens is 340 g/mol. The van der Waals surface area contributed by atoms with Crippen molar-refractivity contribution in [2.45, 2.75) is 31.9 Å². The van der Waals surface area contributed by atoms with Gasteiger partial charge in [-0.1, -0.05) is 0 Å². The first-order valence-corrected chi connectivity index (χ1v) is 8.20. The lowest BCUT2D eigenvalue weighted by atomic mass is 10.1. The summed E-state index contributed by atoms with van der Waals surface area (Å²) in [6, 6.07) is 4.10. The number of hydrogen-bond donors (Lipinski definition) is 2. The van der Waals surface area contributed by atoms with Crippen molar-refractivity contribution in [1.29, 1.82) is 5.26 Å². The number of pyridine rings is 1. The molecule has 1 saturated heterocycles. The maximum absolute atomic E-state index is 12.5. The van der Waals surface area contributed by atoms with Gasteiger partial charge in [0.2, 0.25) is 5.91 Å². The predicted octanol–water partition coefficient (Wildman–Crippen LogP) is 0.164. The predicted molar refractivity (Wildman–Crippen MR) is 89.1 cm³/mol. The third-order valence-electron chi connectivity index (χ3n) is 4.04. The molecule has 2 rings (SSSR count). The molecule has 9 nitrogen and oxygen atoms in total. The summed E-state index contributed by atoms with van der Waals surface area (Å²) in [4.78, 5) is 40.6. The summed E-state index contributed by atoms with van der Waals surface area (Å²) in [6.07, 6.45) is 2.22. The molecule has 0 aromatic carbocycles. The number of carbonyl (C=O) groups is 3. The average Bonchev–Trinajstić information content (AvgIpc) is 2.66. The van der Waals surface area contributed by atoms with Crippen molar-refractivity contribution in [3.63, 3.8) is 0 Å². The van der Waals surface area contributed by atoms with Gasteiger partial charge in [-0.2, -0.15) is 5.26 Å². The van der Waals surface area contributed by atoms with Gasteiger partial charge in [-0.25, -0.2) is 9.78 Å². The normalized spacial score (nSPS) is 15.8. The molecule has 1 aliphatic heterocycles. The van der Waals surface area contributed by atoms with Crippen LogP contribution < -0.4 is 5.32 Å². The van der Waals surface area contributed by atoms with Crippen LogP contribution in [0.2, 0.25) is 0 Å². The molecule has 1 aromatic heterocycles. The number of carboxylic acid groups (broad SMARTS) is 1. The van der Waals surface area contributed by atoms with Crippen LogP contribution in [0.4, 0.5) is 0 Å². The summed E-state index contributed by atoms with van der Waals surface area (Å²) >= 11 is 0. The second-order valence-corrected chi connectivity index (χ2v) is 5.97. The standard InChI is InChI=1S/C17H20N4O5/c1-11(20-16(24)14-3-2-12(8-18)9-19-14)17(25)21-6-4-13(5-7-21)26-10-15(22)23/h2-3,9,11,13H,4-7,10H2,1H3,(H,20,24)(H,22,23)/t11-/m0/s1. The van der Waals surface area contributed by atoms with E-state index in [-0.39, 0.29) is 24.3 Å². The van der Waals surface area contributed by atoms with E-state index in [9.17, 15) is 14.4 Å². The number of aliphatic carboxylic acids is 1. The van der Waals surface area contributed by atoms with Gasteiger partial charge in [-0.05, 0) is 31.9 Å². The van der Waals surface area contributed by atoms with Crippen molar-refractivity contribution in [2.75, 3.05) is 19.7 Å². The zero-order valence-corrected chi connectivity index (χ0v) is 14.3. The Bertz CT molecular complexity index is 705. The Morgan fingerprint density at radius 1 is 1.42 bits per heavy atom. The van der Waals surface area contributed by atoms with Gasteiger partial charge >= 0.3 is 5.97 Å². The largest absolute Gasteiger partial charge is 0.480 e. The van der Waals surface area contributed by atoms with Crippen molar-refractivity contribution in [3.05, 3.63) is 29.6 Å². The van der Waals surface area contributed by atoms with Crippen molar-refractivity contribution < 1.29 is 24.2 Å². The quantitative estimate of drug-likeness (QED) is 0.738. The van der Waals surface area contributed by atoms with Crippen LogP contribution in [0.1, 0.15) is 35.8 Å². The van der Waals surface area contributed by atoms with Crippen LogP contribution in [-0.2, 0) is 14.3 Å². The van der Waals surface area contributed by atoms with Crippen molar-refractivity contribution in [2.24, 2.45) is 0 Å². The molecular formula is C17H20N4O5. The number of likely N-dealkylation sites (tertiary alicyclic amines) is 1. The van der Waals surface area contributed by atoms with Crippen molar-refractivity contribution in [3.8, 4) is 6.07 Å². The Balaban J connectivity index is 1.82. The van der Waals surface area contributed by atoms with E-state index in [1.54, 1.807) is 11.8 Å². The molecule has 0 saturated carbocycles. The Labute approximate surface area is 150 Å². The Kier molecular flexibility index (Phi) is 6.63. The second-order valence-electron chi connectivity index (χ2n) is 5.97. The van der Waals surface area contributed by atoms with E-state index in [2.05, 4.69) is 10.3 Å². The number of carboxylic acids is 1. The highest BCUT2D eigenvalue weighted by atomic mass is 16.5. The van der Waals surface area contributed by atoms with E-state index in [4.69, 9.17) is 15.1 Å². The minimum atomic E-state index is -1.02. The summed E-state index contributed by atoms with van der Waals surface area (Å²) in [5.74, 6) is -1.73. The highest BCUT2D eigenvalue weighted by Gasteiger charge is 2.27. The molecule has 9 heteroatoms. The Hall–Kier alpha value is -2.99. The van der Waals surface area contributed by atoms with Crippen LogP contribution in [0.15, 0.2) is 18.3 Å². The molecule has 1 aromatic rings. The van der Waals surface area contributed by atoms with Gasteiger partial charge in [0.15, 0.2) is 0 Å². The third kappa shape index (κ3) is 5.26. The summed E-state index contributed by atoms with van der Waals surface area (Å²) in [7, 11) is 0. The zero-order valence-electron chi connectivity index (χ0n) is 14.3. The molecule has 0 bridgehead atoms. The fourth-order valence-corrected chi connectivity index (χ4v) is 2.63. The molecule has 1 aliphatic rings. The van der Waals surface area contributed by atoms with E-state index in [1.807, 2.05) is 6.07 Å². The number of aromatic nitrogens is 1. The Morgan fingerprint density at radius 3 is 2.65 bits per heavy atom. The van der Waals surface area contributed by atoms with E-state index in [0.29, 0.717) is 31.5 Å². The van der Waals surface area contributed by atoms with Gasteiger partial charge in [0, 0.05) is 19.3 Å². The molecule has 0 spiro atoms. The lowest BCUT2D eigenvalue weighted by Crippen LogP contribution is -2.50.